The second-order valence-corrected chi connectivity index (χ2v) is 9.04. The van der Waals surface area contributed by atoms with Gasteiger partial charge in [0.25, 0.3) is 0 Å². The van der Waals surface area contributed by atoms with Crippen LogP contribution in [-0.2, 0) is 9.53 Å². The summed E-state index contributed by atoms with van der Waals surface area (Å²) < 4.78 is 5.38. The minimum Gasteiger partial charge on any atom is -0.443 e. The highest BCUT2D eigenvalue weighted by Crippen LogP contribution is 2.31. The van der Waals surface area contributed by atoms with Crippen molar-refractivity contribution in [3.63, 3.8) is 0 Å². The van der Waals surface area contributed by atoms with E-state index in [1.165, 1.54) is 11.0 Å². The minimum absolute atomic E-state index is 0.0201. The average molecular weight is 415 g/mol. The van der Waals surface area contributed by atoms with Gasteiger partial charge in [0, 0.05) is 5.92 Å². The number of amides is 1. The van der Waals surface area contributed by atoms with E-state index in [1.807, 2.05) is 36.7 Å². The molecule has 6 nitrogen and oxygen atoms in total. The molecular formula is C22H26N2O4S. The number of Topliss-reactive ketones (excluding diaryl/α,β-unsaturated/α-hetero) is 1. The second kappa shape index (κ2) is 8.08. The first kappa shape index (κ1) is 21.2. The van der Waals surface area contributed by atoms with E-state index >= 15 is 0 Å². The van der Waals surface area contributed by atoms with Crippen molar-refractivity contribution in [3.05, 3.63) is 52.8 Å². The fourth-order valence-electron chi connectivity index (χ4n) is 3.19. The number of aliphatic hydroxyl groups is 1. The van der Waals surface area contributed by atoms with E-state index in [2.05, 4.69) is 4.98 Å². The van der Waals surface area contributed by atoms with Crippen LogP contribution in [0.4, 0.5) is 4.79 Å². The normalized spacial score (nSPS) is 17.8. The highest BCUT2D eigenvalue weighted by Gasteiger charge is 2.36. The SMILES string of the molecule is Cc1ncsc1-c1ccc([C@H](C)C(=O)C2=C[C@@H](O)CN2C(=O)OC(C)(C)C)cc1. The molecule has 7 heteroatoms. The molecule has 1 aliphatic rings. The number of nitrogens with zero attached hydrogens (tertiary/aromatic N) is 2. The molecule has 0 aliphatic carbocycles. The van der Waals surface area contributed by atoms with Gasteiger partial charge in [-0.15, -0.1) is 11.3 Å². The molecule has 0 saturated heterocycles. The van der Waals surface area contributed by atoms with Gasteiger partial charge < -0.3 is 9.84 Å². The van der Waals surface area contributed by atoms with Crippen LogP contribution in [0.25, 0.3) is 10.4 Å². The predicted molar refractivity (Wildman–Crippen MR) is 113 cm³/mol. The largest absolute Gasteiger partial charge is 0.443 e. The molecule has 1 aromatic heterocycles. The van der Waals surface area contributed by atoms with Gasteiger partial charge in [-0.25, -0.2) is 9.78 Å². The van der Waals surface area contributed by atoms with Crippen LogP contribution < -0.4 is 0 Å². The van der Waals surface area contributed by atoms with Gasteiger partial charge in [-0.05, 0) is 44.9 Å². The van der Waals surface area contributed by atoms with Crippen LogP contribution in [-0.4, -0.2) is 45.1 Å². The quantitative estimate of drug-likeness (QED) is 0.807. The van der Waals surface area contributed by atoms with E-state index < -0.39 is 23.7 Å². The third kappa shape index (κ3) is 4.74. The molecule has 3 rings (SSSR count). The monoisotopic (exact) mass is 414 g/mol. The first-order valence-electron chi connectivity index (χ1n) is 9.52. The Morgan fingerprint density at radius 2 is 1.93 bits per heavy atom. The number of hydrogen-bond donors (Lipinski definition) is 1. The summed E-state index contributed by atoms with van der Waals surface area (Å²) in [4.78, 5) is 32.2. The van der Waals surface area contributed by atoms with Gasteiger partial charge in [0.1, 0.15) is 5.60 Å². The Hall–Kier alpha value is -2.51. The summed E-state index contributed by atoms with van der Waals surface area (Å²) in [6.45, 7) is 9.07. The van der Waals surface area contributed by atoms with Crippen LogP contribution in [0, 0.1) is 6.92 Å². The second-order valence-electron chi connectivity index (χ2n) is 8.19. The van der Waals surface area contributed by atoms with Crippen LogP contribution in [0.3, 0.4) is 0 Å². The fourth-order valence-corrected chi connectivity index (χ4v) is 4.00. The van der Waals surface area contributed by atoms with E-state index in [0.717, 1.165) is 21.7 Å². The van der Waals surface area contributed by atoms with Gasteiger partial charge in [-0.2, -0.15) is 0 Å². The van der Waals surface area contributed by atoms with Crippen molar-refractivity contribution in [2.45, 2.75) is 52.2 Å². The number of benzene rings is 1. The highest BCUT2D eigenvalue weighted by molar-refractivity contribution is 7.13. The number of aliphatic hydroxyl groups excluding tert-OH is 1. The maximum atomic E-state index is 13.1. The molecule has 2 aromatic rings. The number of β-amino-alcohol motifs (C(OH)–C–C–N with tert-alkyl or cyclic N) is 1. The van der Waals surface area contributed by atoms with E-state index in [0.29, 0.717) is 0 Å². The Morgan fingerprint density at radius 1 is 1.28 bits per heavy atom. The predicted octanol–water partition coefficient (Wildman–Crippen LogP) is 4.29. The van der Waals surface area contributed by atoms with Crippen LogP contribution in [0.15, 0.2) is 41.5 Å². The third-order valence-electron chi connectivity index (χ3n) is 4.69. The number of thiazole rings is 1. The molecule has 1 amide bonds. The van der Waals surface area contributed by atoms with Gasteiger partial charge in [-0.3, -0.25) is 9.69 Å². The Labute approximate surface area is 174 Å². The van der Waals surface area contributed by atoms with Crippen LogP contribution in [0.1, 0.15) is 44.9 Å². The fraction of sp³-hybridized carbons (Fsp3) is 0.409. The minimum atomic E-state index is -0.884. The average Bonchev–Trinajstić information content (AvgIpc) is 3.25. The Morgan fingerprint density at radius 3 is 2.48 bits per heavy atom. The maximum Gasteiger partial charge on any atom is 0.415 e. The summed E-state index contributed by atoms with van der Waals surface area (Å²) in [6, 6.07) is 7.79. The van der Waals surface area contributed by atoms with E-state index in [9.17, 15) is 14.7 Å². The van der Waals surface area contributed by atoms with Crippen molar-refractivity contribution < 1.29 is 19.4 Å². The zero-order valence-corrected chi connectivity index (χ0v) is 18.1. The highest BCUT2D eigenvalue weighted by atomic mass is 32.1. The summed E-state index contributed by atoms with van der Waals surface area (Å²) >= 11 is 1.58. The number of aryl methyl sites for hydroxylation is 1. The zero-order valence-electron chi connectivity index (χ0n) is 17.3. The number of ketones is 1. The number of hydrogen-bond acceptors (Lipinski definition) is 6. The zero-order chi connectivity index (χ0) is 21.3. The molecule has 2 heterocycles. The lowest BCUT2D eigenvalue weighted by Gasteiger charge is -2.26. The molecule has 1 aliphatic heterocycles. The molecule has 2 atom stereocenters. The van der Waals surface area contributed by atoms with Crippen molar-refractivity contribution in [1.29, 1.82) is 0 Å². The smallest absolute Gasteiger partial charge is 0.415 e. The molecular weight excluding hydrogens is 388 g/mol. The van der Waals surface area contributed by atoms with Gasteiger partial charge in [-0.1, -0.05) is 31.2 Å². The number of rotatable bonds is 4. The molecule has 0 saturated carbocycles. The van der Waals surface area contributed by atoms with Crippen molar-refractivity contribution in [3.8, 4) is 10.4 Å². The van der Waals surface area contributed by atoms with Crippen molar-refractivity contribution in [2.75, 3.05) is 6.54 Å². The lowest BCUT2D eigenvalue weighted by molar-refractivity contribution is -0.118. The topological polar surface area (TPSA) is 79.7 Å². The molecule has 0 spiro atoms. The van der Waals surface area contributed by atoms with Gasteiger partial charge in [0.2, 0.25) is 0 Å². The summed E-state index contributed by atoms with van der Waals surface area (Å²) in [7, 11) is 0. The van der Waals surface area contributed by atoms with Crippen molar-refractivity contribution >= 4 is 23.2 Å². The molecule has 29 heavy (non-hydrogen) atoms. The van der Waals surface area contributed by atoms with Gasteiger partial charge in [0.05, 0.1) is 34.4 Å². The molecule has 0 fully saturated rings. The molecule has 154 valence electrons. The van der Waals surface area contributed by atoms with E-state index in [1.54, 1.807) is 39.0 Å². The number of aromatic nitrogens is 1. The third-order valence-corrected chi connectivity index (χ3v) is 5.67. The maximum absolute atomic E-state index is 13.1. The first-order valence-corrected chi connectivity index (χ1v) is 10.4. The van der Waals surface area contributed by atoms with Crippen LogP contribution in [0.2, 0.25) is 0 Å². The summed E-state index contributed by atoms with van der Waals surface area (Å²) in [5, 5.41) is 10.0. The van der Waals surface area contributed by atoms with Crippen LogP contribution in [0.5, 0.6) is 0 Å². The molecule has 1 N–H and O–H groups in total. The first-order chi connectivity index (χ1) is 13.6. The Balaban J connectivity index is 1.78. The molecule has 0 radical (unpaired) electrons. The Bertz CT molecular complexity index is 940. The molecule has 0 bridgehead atoms. The van der Waals surface area contributed by atoms with Gasteiger partial charge in [0.15, 0.2) is 5.78 Å². The number of ether oxygens (including phenoxy) is 1. The summed E-state index contributed by atoms with van der Waals surface area (Å²) in [6.07, 6.45) is -0.0835. The number of allylic oxidation sites excluding steroid dienone is 1. The van der Waals surface area contributed by atoms with E-state index in [-0.39, 0.29) is 18.0 Å². The Kier molecular flexibility index (Phi) is 5.91. The van der Waals surface area contributed by atoms with Crippen LogP contribution >= 0.6 is 11.3 Å². The summed E-state index contributed by atoms with van der Waals surface area (Å²) in [5.41, 5.74) is 4.18. The standard InChI is InChI=1S/C22H26N2O4S/c1-13(15-6-8-16(9-7-15)20-14(2)23-12-29-20)19(26)18-10-17(25)11-24(18)21(27)28-22(3,4)5/h6-10,12-13,17,25H,11H2,1-5H3/t13-,17+/m0/s1. The molecule has 1 aromatic carbocycles. The van der Waals surface area contributed by atoms with Gasteiger partial charge >= 0.3 is 6.09 Å². The number of carbonyl (C=O) groups is 2. The molecule has 0 unspecified atom stereocenters. The summed E-state index contributed by atoms with van der Waals surface area (Å²) in [5.74, 6) is -0.692. The van der Waals surface area contributed by atoms with E-state index in [4.69, 9.17) is 4.74 Å². The number of carbonyl (C=O) groups excluding carboxylic acids is 2. The lowest BCUT2D eigenvalue weighted by atomic mass is 9.93. The lowest BCUT2D eigenvalue weighted by Crippen LogP contribution is -2.38. The van der Waals surface area contributed by atoms with Crippen molar-refractivity contribution in [1.82, 2.24) is 9.88 Å². The van der Waals surface area contributed by atoms with Crippen molar-refractivity contribution in [2.24, 2.45) is 0 Å².